The summed E-state index contributed by atoms with van der Waals surface area (Å²) in [5.74, 6) is 1.40. The molecule has 1 atom stereocenters. The van der Waals surface area contributed by atoms with E-state index in [1.807, 2.05) is 29.3 Å². The van der Waals surface area contributed by atoms with Gasteiger partial charge in [-0.25, -0.2) is 13.1 Å². The van der Waals surface area contributed by atoms with E-state index in [9.17, 15) is 8.42 Å². The zero-order valence-electron chi connectivity index (χ0n) is 18.6. The first-order valence-electron chi connectivity index (χ1n) is 10.9. The first-order valence-corrected chi connectivity index (χ1v) is 14.0. The third-order valence-corrected chi connectivity index (χ3v) is 9.38. The van der Waals surface area contributed by atoms with Crippen molar-refractivity contribution >= 4 is 33.4 Å². The van der Waals surface area contributed by atoms with Crippen LogP contribution >= 0.6 is 23.6 Å². The molecule has 4 heterocycles. The quantitative estimate of drug-likeness (QED) is 0.468. The molecule has 3 aromatic rings. The first-order chi connectivity index (χ1) is 15.2. The predicted molar refractivity (Wildman–Crippen MR) is 128 cm³/mol. The van der Waals surface area contributed by atoms with Gasteiger partial charge in [0.1, 0.15) is 0 Å². The smallest absolute Gasteiger partial charge is 0.199 e. The number of hydrogen-bond donors (Lipinski definition) is 0. The lowest BCUT2D eigenvalue weighted by atomic mass is 10.2. The van der Waals surface area contributed by atoms with Crippen LogP contribution in [0.3, 0.4) is 0 Å². The fourth-order valence-electron chi connectivity index (χ4n) is 4.55. The molecule has 1 aliphatic heterocycles. The van der Waals surface area contributed by atoms with E-state index in [2.05, 4.69) is 28.0 Å². The van der Waals surface area contributed by atoms with E-state index in [1.54, 1.807) is 11.3 Å². The topological polar surface area (TPSA) is 78.0 Å². The van der Waals surface area contributed by atoms with Crippen molar-refractivity contribution in [1.82, 2.24) is 29.0 Å². The minimum absolute atomic E-state index is 0.0611. The van der Waals surface area contributed by atoms with Gasteiger partial charge in [-0.15, -0.1) is 16.4 Å². The molecule has 1 unspecified atom stereocenters. The van der Waals surface area contributed by atoms with Crippen LogP contribution in [0.25, 0.3) is 10.7 Å². The van der Waals surface area contributed by atoms with Crippen LogP contribution in [0.15, 0.2) is 17.5 Å². The van der Waals surface area contributed by atoms with Crippen LogP contribution in [0.2, 0.25) is 0 Å². The molecular formula is C21H28N6O2S3. The van der Waals surface area contributed by atoms with Gasteiger partial charge in [0.25, 0.3) is 0 Å². The van der Waals surface area contributed by atoms with Crippen LogP contribution in [-0.2, 0) is 23.1 Å². The van der Waals surface area contributed by atoms with Crippen LogP contribution in [0.1, 0.15) is 48.3 Å². The van der Waals surface area contributed by atoms with Gasteiger partial charge in [0.05, 0.1) is 34.8 Å². The number of thiophene rings is 1. The average molecular weight is 493 g/mol. The van der Waals surface area contributed by atoms with Gasteiger partial charge >= 0.3 is 0 Å². The van der Waals surface area contributed by atoms with E-state index >= 15 is 0 Å². The van der Waals surface area contributed by atoms with Gasteiger partial charge < -0.3 is 0 Å². The maximum atomic E-state index is 11.9. The lowest BCUT2D eigenvalue weighted by Gasteiger charge is -2.17. The molecule has 32 heavy (non-hydrogen) atoms. The largest absolute Gasteiger partial charge is 0.296 e. The molecule has 172 valence electrons. The van der Waals surface area contributed by atoms with Crippen molar-refractivity contribution in [2.24, 2.45) is 0 Å². The van der Waals surface area contributed by atoms with Crippen molar-refractivity contribution in [3.8, 4) is 10.7 Å². The molecule has 8 nitrogen and oxygen atoms in total. The van der Waals surface area contributed by atoms with Gasteiger partial charge in [-0.3, -0.25) is 14.1 Å². The summed E-state index contributed by atoms with van der Waals surface area (Å²) in [5, 5.41) is 11.6. The zero-order chi connectivity index (χ0) is 22.6. The van der Waals surface area contributed by atoms with Crippen LogP contribution in [0, 0.1) is 18.6 Å². The van der Waals surface area contributed by atoms with E-state index in [1.165, 1.54) is 0 Å². The van der Waals surface area contributed by atoms with Crippen LogP contribution in [0.4, 0.5) is 0 Å². The van der Waals surface area contributed by atoms with Gasteiger partial charge in [0.2, 0.25) is 0 Å². The first kappa shape index (κ1) is 22.0. The van der Waals surface area contributed by atoms with Crippen molar-refractivity contribution in [3.63, 3.8) is 0 Å². The second-order valence-corrected chi connectivity index (χ2v) is 12.5. The molecule has 0 aromatic carbocycles. The number of sulfone groups is 1. The Labute approximate surface area is 197 Å². The molecular weight excluding hydrogens is 464 g/mol. The van der Waals surface area contributed by atoms with Crippen molar-refractivity contribution < 1.29 is 8.42 Å². The van der Waals surface area contributed by atoms with Crippen LogP contribution in [0.5, 0.6) is 0 Å². The molecule has 1 saturated heterocycles. The molecule has 11 heteroatoms. The summed E-state index contributed by atoms with van der Waals surface area (Å²) in [4.78, 5) is 3.33. The highest BCUT2D eigenvalue weighted by Crippen LogP contribution is 2.39. The minimum Gasteiger partial charge on any atom is -0.296 e. The second-order valence-electron chi connectivity index (χ2n) is 8.99. The molecule has 3 aromatic heterocycles. The number of hydrogen-bond acceptors (Lipinski definition) is 7. The third-order valence-electron chi connectivity index (χ3n) is 6.36. The summed E-state index contributed by atoms with van der Waals surface area (Å²) in [6.45, 7) is 5.32. The molecule has 1 saturated carbocycles. The fourth-order valence-corrected chi connectivity index (χ4v) is 7.28. The summed E-state index contributed by atoms with van der Waals surface area (Å²) < 4.78 is 30.7. The van der Waals surface area contributed by atoms with Gasteiger partial charge in [0, 0.05) is 23.8 Å². The van der Waals surface area contributed by atoms with Crippen molar-refractivity contribution in [3.05, 3.63) is 39.2 Å². The molecule has 5 rings (SSSR count). The van der Waals surface area contributed by atoms with Gasteiger partial charge in [-0.1, -0.05) is 6.07 Å². The molecule has 2 fully saturated rings. The molecule has 0 spiro atoms. The molecule has 0 radical (unpaired) electrons. The Morgan fingerprint density at radius 1 is 1.22 bits per heavy atom. The number of rotatable bonds is 7. The standard InChI is InChI=1S/C21H28N6O2S3/c1-14-18(15(2)27(22-14)17-8-10-32(28,29)12-17)11-24(3)13-25-21(30)26(16-6-7-16)20(23-25)19-5-4-9-31-19/h4-5,9,16-17H,6-8,10-13H2,1-3H3. The summed E-state index contributed by atoms with van der Waals surface area (Å²) in [7, 11) is -0.896. The van der Waals surface area contributed by atoms with Gasteiger partial charge in [0.15, 0.2) is 20.4 Å². The van der Waals surface area contributed by atoms with Crippen LogP contribution in [-0.4, -0.2) is 56.0 Å². The Balaban J connectivity index is 1.36. The minimum atomic E-state index is -2.95. The van der Waals surface area contributed by atoms with Crippen molar-refractivity contribution in [2.45, 2.75) is 58.4 Å². The molecule has 1 aliphatic carbocycles. The van der Waals surface area contributed by atoms with Crippen molar-refractivity contribution in [1.29, 1.82) is 0 Å². The highest BCUT2D eigenvalue weighted by atomic mass is 32.2. The van der Waals surface area contributed by atoms with E-state index in [-0.39, 0.29) is 17.5 Å². The lowest BCUT2D eigenvalue weighted by Crippen LogP contribution is -2.23. The summed E-state index contributed by atoms with van der Waals surface area (Å²) in [6.07, 6.45) is 2.95. The van der Waals surface area contributed by atoms with Gasteiger partial charge in [-0.2, -0.15) is 5.10 Å². The maximum absolute atomic E-state index is 11.9. The predicted octanol–water partition coefficient (Wildman–Crippen LogP) is 3.74. The Bertz CT molecular complexity index is 1300. The highest BCUT2D eigenvalue weighted by Gasteiger charge is 2.32. The normalized spacial score (nSPS) is 20.4. The Hall–Kier alpha value is -1.82. The highest BCUT2D eigenvalue weighted by molar-refractivity contribution is 7.91. The summed E-state index contributed by atoms with van der Waals surface area (Å²) in [5.41, 5.74) is 3.14. The molecule has 0 bridgehead atoms. The SMILES string of the molecule is Cc1nn(C2CCS(=O)(=O)C2)c(C)c1CN(C)Cn1nc(-c2cccs2)n(C2CC2)c1=S. The Morgan fingerprint density at radius 2 is 2.00 bits per heavy atom. The van der Waals surface area contributed by atoms with E-state index in [0.29, 0.717) is 25.7 Å². The second kappa shape index (κ2) is 8.19. The zero-order valence-corrected chi connectivity index (χ0v) is 21.0. The lowest BCUT2D eigenvalue weighted by molar-refractivity contribution is 0.243. The van der Waals surface area contributed by atoms with E-state index < -0.39 is 9.84 Å². The third kappa shape index (κ3) is 4.11. The number of aromatic nitrogens is 5. The average Bonchev–Trinajstić information content (AvgIpc) is 3.05. The number of aryl methyl sites for hydroxylation is 1. The van der Waals surface area contributed by atoms with Gasteiger partial charge in [-0.05, 0) is 63.8 Å². The van der Waals surface area contributed by atoms with Crippen LogP contribution < -0.4 is 0 Å². The maximum Gasteiger partial charge on any atom is 0.199 e. The fraction of sp³-hybridized carbons (Fsp3) is 0.571. The van der Waals surface area contributed by atoms with Crippen molar-refractivity contribution in [2.75, 3.05) is 18.6 Å². The molecule has 0 amide bonds. The number of nitrogens with zero attached hydrogens (tertiary/aromatic N) is 6. The van der Waals surface area contributed by atoms with E-state index in [4.69, 9.17) is 22.4 Å². The monoisotopic (exact) mass is 492 g/mol. The Kier molecular flexibility index (Phi) is 5.63. The summed E-state index contributed by atoms with van der Waals surface area (Å²) >= 11 is 7.49. The Morgan fingerprint density at radius 3 is 2.62 bits per heavy atom. The summed E-state index contributed by atoms with van der Waals surface area (Å²) in [6, 6.07) is 4.54. The molecule has 2 aliphatic rings. The molecule has 0 N–H and O–H groups in total. The van der Waals surface area contributed by atoms with E-state index in [0.717, 1.165) is 45.3 Å².